The van der Waals surface area contributed by atoms with Gasteiger partial charge in [0.25, 0.3) is 0 Å². The van der Waals surface area contributed by atoms with Crippen LogP contribution in [0.2, 0.25) is 0 Å². The molecule has 0 aromatic rings. The second-order valence-corrected chi connectivity index (χ2v) is 6.59. The fourth-order valence-corrected chi connectivity index (χ4v) is 2.97. The van der Waals surface area contributed by atoms with Crippen LogP contribution >= 0.6 is 11.8 Å². The lowest BCUT2D eigenvalue weighted by Crippen LogP contribution is -2.43. The fourth-order valence-electron chi connectivity index (χ4n) is 1.83. The number of likely N-dealkylation sites (tertiary alicyclic amines) is 1. The first-order chi connectivity index (χ1) is 8.27. The van der Waals surface area contributed by atoms with Crippen LogP contribution in [0.15, 0.2) is 0 Å². The molecule has 0 aliphatic carbocycles. The van der Waals surface area contributed by atoms with E-state index in [-0.39, 0.29) is 13.0 Å². The number of amides is 1. The number of thioether (sulfide) groups is 1. The van der Waals surface area contributed by atoms with Gasteiger partial charge in [0.15, 0.2) is 0 Å². The number of carbonyl (C=O) groups excluding carboxylic acids is 1. The molecule has 2 atom stereocenters. The molecule has 0 saturated carbocycles. The first kappa shape index (κ1) is 15.2. The van der Waals surface area contributed by atoms with Gasteiger partial charge >= 0.3 is 16.2 Å². The summed E-state index contributed by atoms with van der Waals surface area (Å²) in [5.74, 6) is -1.31. The molecule has 104 valence electrons. The van der Waals surface area contributed by atoms with E-state index in [0.29, 0.717) is 5.75 Å². The van der Waals surface area contributed by atoms with Crippen LogP contribution in [0.5, 0.6) is 0 Å². The second kappa shape index (κ2) is 5.87. The van der Waals surface area contributed by atoms with Crippen molar-refractivity contribution in [2.24, 2.45) is 0 Å². The summed E-state index contributed by atoms with van der Waals surface area (Å²) in [6.07, 6.45) is 1.52. The first-order valence-electron chi connectivity index (χ1n) is 5.22. The third-order valence-corrected chi connectivity index (χ3v) is 4.53. The molecule has 2 unspecified atom stereocenters. The van der Waals surface area contributed by atoms with Crippen molar-refractivity contribution < 1.29 is 27.0 Å². The monoisotopic (exact) mass is 299 g/mol. The Morgan fingerprint density at radius 2 is 2.28 bits per heavy atom. The summed E-state index contributed by atoms with van der Waals surface area (Å²) in [5.41, 5.74) is 0. The first-order valence-corrected chi connectivity index (χ1v) is 8.06. The Labute approximate surface area is 109 Å². The molecule has 0 bridgehead atoms. The maximum Gasteiger partial charge on any atom is 0.326 e. The molecule has 0 radical (unpaired) electrons. The van der Waals surface area contributed by atoms with Crippen LogP contribution in [0.4, 0.5) is 3.89 Å². The molecule has 1 amide bonds. The van der Waals surface area contributed by atoms with Gasteiger partial charge in [-0.3, -0.25) is 4.79 Å². The number of carboxylic acid groups (broad SMARTS) is 1. The number of hydrogen-bond donors (Lipinski definition) is 1. The molecule has 1 heterocycles. The third kappa shape index (κ3) is 3.58. The fraction of sp³-hybridized carbons (Fsp3) is 0.778. The SMILES string of the molecule is CSCCC(C(=O)O)N1CC(S(=O)(=O)F)CC1=O. The van der Waals surface area contributed by atoms with Gasteiger partial charge in [0.05, 0.1) is 0 Å². The molecule has 1 fully saturated rings. The van der Waals surface area contributed by atoms with Gasteiger partial charge in [-0.05, 0) is 18.4 Å². The molecule has 1 rings (SSSR count). The number of carbonyl (C=O) groups is 2. The van der Waals surface area contributed by atoms with Crippen molar-refractivity contribution in [1.29, 1.82) is 0 Å². The van der Waals surface area contributed by atoms with Gasteiger partial charge in [-0.25, -0.2) is 4.79 Å². The summed E-state index contributed by atoms with van der Waals surface area (Å²) in [5, 5.41) is 7.58. The number of hydrogen-bond acceptors (Lipinski definition) is 5. The Morgan fingerprint density at radius 3 is 2.67 bits per heavy atom. The van der Waals surface area contributed by atoms with Crippen LogP contribution in [0.25, 0.3) is 0 Å². The lowest BCUT2D eigenvalue weighted by molar-refractivity contribution is -0.148. The minimum atomic E-state index is -4.81. The van der Waals surface area contributed by atoms with Crippen molar-refractivity contribution >= 4 is 33.9 Å². The molecule has 1 saturated heterocycles. The highest BCUT2D eigenvalue weighted by molar-refractivity contribution is 7.98. The zero-order valence-electron chi connectivity index (χ0n) is 9.71. The van der Waals surface area contributed by atoms with Gasteiger partial charge in [0, 0.05) is 13.0 Å². The molecule has 6 nitrogen and oxygen atoms in total. The summed E-state index contributed by atoms with van der Waals surface area (Å²) in [7, 11) is -4.81. The highest BCUT2D eigenvalue weighted by Crippen LogP contribution is 2.23. The number of nitrogens with zero attached hydrogens (tertiary/aromatic N) is 1. The summed E-state index contributed by atoms with van der Waals surface area (Å²) >= 11 is 1.42. The predicted molar refractivity (Wildman–Crippen MR) is 64.6 cm³/mol. The topological polar surface area (TPSA) is 91.8 Å². The normalized spacial score (nSPS) is 22.2. The van der Waals surface area contributed by atoms with Gasteiger partial charge < -0.3 is 10.0 Å². The van der Waals surface area contributed by atoms with E-state index in [1.54, 1.807) is 6.26 Å². The Hall–Kier alpha value is -0.830. The van der Waals surface area contributed by atoms with Crippen LogP contribution in [0.1, 0.15) is 12.8 Å². The molecule has 0 aromatic carbocycles. The van der Waals surface area contributed by atoms with Crippen molar-refractivity contribution in [3.05, 3.63) is 0 Å². The number of rotatable bonds is 6. The van der Waals surface area contributed by atoms with Gasteiger partial charge in [0.2, 0.25) is 5.91 Å². The zero-order valence-corrected chi connectivity index (χ0v) is 11.3. The third-order valence-electron chi connectivity index (χ3n) is 2.78. The molecule has 18 heavy (non-hydrogen) atoms. The summed E-state index contributed by atoms with van der Waals surface area (Å²) < 4.78 is 34.3. The van der Waals surface area contributed by atoms with Crippen LogP contribution in [0, 0.1) is 0 Å². The summed E-state index contributed by atoms with van der Waals surface area (Å²) in [6.45, 7) is -0.386. The molecule has 9 heteroatoms. The van der Waals surface area contributed by atoms with E-state index in [1.165, 1.54) is 11.8 Å². The Morgan fingerprint density at radius 1 is 1.67 bits per heavy atom. The molecule has 0 aromatic heterocycles. The predicted octanol–water partition coefficient (Wildman–Crippen LogP) is 0.0929. The van der Waals surface area contributed by atoms with E-state index in [4.69, 9.17) is 5.11 Å². The van der Waals surface area contributed by atoms with Crippen LogP contribution < -0.4 is 0 Å². The molecule has 1 N–H and O–H groups in total. The second-order valence-electron chi connectivity index (χ2n) is 3.98. The molecular weight excluding hydrogens is 285 g/mol. The van der Waals surface area contributed by atoms with Crippen LogP contribution in [-0.4, -0.2) is 60.1 Å². The Kier molecular flexibility index (Phi) is 4.97. The standard InChI is InChI=1S/C9H14FNO5S2/c1-17-3-2-7(9(13)14)11-5-6(4-8(11)12)18(10,15)16/h6-7H,2-5H2,1H3,(H,13,14). The van der Waals surface area contributed by atoms with Crippen LogP contribution in [0.3, 0.4) is 0 Å². The molecule has 0 spiro atoms. The number of halogens is 1. The molecular formula is C9H14FNO5S2. The largest absolute Gasteiger partial charge is 0.480 e. The lowest BCUT2D eigenvalue weighted by atomic mass is 10.2. The van der Waals surface area contributed by atoms with Crippen molar-refractivity contribution in [3.63, 3.8) is 0 Å². The van der Waals surface area contributed by atoms with Gasteiger partial charge in [-0.15, -0.1) is 3.89 Å². The van der Waals surface area contributed by atoms with E-state index in [2.05, 4.69) is 0 Å². The number of carboxylic acids is 1. The van der Waals surface area contributed by atoms with Gasteiger partial charge in [-0.2, -0.15) is 20.2 Å². The van der Waals surface area contributed by atoms with Crippen molar-refractivity contribution in [3.8, 4) is 0 Å². The van der Waals surface area contributed by atoms with Crippen molar-refractivity contribution in [1.82, 2.24) is 4.90 Å². The quantitative estimate of drug-likeness (QED) is 0.699. The van der Waals surface area contributed by atoms with E-state index >= 15 is 0 Å². The van der Waals surface area contributed by atoms with Gasteiger partial charge in [0.1, 0.15) is 11.3 Å². The van der Waals surface area contributed by atoms with Gasteiger partial charge in [-0.1, -0.05) is 0 Å². The minimum absolute atomic E-state index is 0.210. The average molecular weight is 299 g/mol. The summed E-state index contributed by atoms with van der Waals surface area (Å²) in [6, 6.07) is -1.09. The molecule has 1 aliphatic heterocycles. The van der Waals surface area contributed by atoms with E-state index in [1.807, 2.05) is 0 Å². The van der Waals surface area contributed by atoms with E-state index < -0.39 is 39.8 Å². The maximum absolute atomic E-state index is 12.8. The highest BCUT2D eigenvalue weighted by Gasteiger charge is 2.43. The van der Waals surface area contributed by atoms with Crippen LogP contribution in [-0.2, 0) is 19.8 Å². The Balaban J connectivity index is 2.81. The highest BCUT2D eigenvalue weighted by atomic mass is 32.3. The number of aliphatic carboxylic acids is 1. The van der Waals surface area contributed by atoms with E-state index in [9.17, 15) is 21.9 Å². The van der Waals surface area contributed by atoms with Crippen molar-refractivity contribution in [2.45, 2.75) is 24.1 Å². The van der Waals surface area contributed by atoms with Crippen molar-refractivity contribution in [2.75, 3.05) is 18.6 Å². The lowest BCUT2D eigenvalue weighted by Gasteiger charge is -2.24. The maximum atomic E-state index is 12.8. The van der Waals surface area contributed by atoms with E-state index in [0.717, 1.165) is 4.90 Å². The average Bonchev–Trinajstić information content (AvgIpc) is 2.60. The zero-order chi connectivity index (χ0) is 13.9. The smallest absolute Gasteiger partial charge is 0.326 e. The molecule has 1 aliphatic rings. The Bertz CT molecular complexity index is 438. The summed E-state index contributed by atoms with van der Waals surface area (Å²) in [4.78, 5) is 23.6. The minimum Gasteiger partial charge on any atom is -0.480 e.